The van der Waals surface area contributed by atoms with E-state index in [1.165, 1.54) is 12.1 Å². The highest BCUT2D eigenvalue weighted by Gasteiger charge is 2.24. The molecular weight excluding hydrogens is 457 g/mol. The number of likely N-dealkylation sites (N-methyl/N-ethyl adjacent to an activating group) is 1. The fraction of sp³-hybridized carbons (Fsp3) is 0.269. The van der Waals surface area contributed by atoms with Gasteiger partial charge in [0.25, 0.3) is 0 Å². The Labute approximate surface area is 200 Å². The quantitative estimate of drug-likeness (QED) is 0.391. The molecule has 3 rings (SSSR count). The second-order valence-electron chi connectivity index (χ2n) is 7.87. The van der Waals surface area contributed by atoms with Crippen molar-refractivity contribution in [3.63, 3.8) is 0 Å². The van der Waals surface area contributed by atoms with E-state index < -0.39 is 33.6 Å². The minimum absolute atomic E-state index is 0.0137. The number of halogens is 1. The lowest BCUT2D eigenvalue weighted by atomic mass is 9.98. The fourth-order valence-corrected chi connectivity index (χ4v) is 4.89. The van der Waals surface area contributed by atoms with Crippen molar-refractivity contribution >= 4 is 15.8 Å². The molecule has 0 heterocycles. The van der Waals surface area contributed by atoms with Crippen LogP contribution < -0.4 is 5.32 Å². The van der Waals surface area contributed by atoms with Gasteiger partial charge in [-0.05, 0) is 49.4 Å². The van der Waals surface area contributed by atoms with Crippen LogP contribution in [0.5, 0.6) is 0 Å². The Morgan fingerprint density at radius 2 is 1.41 bits per heavy atom. The summed E-state index contributed by atoms with van der Waals surface area (Å²) in [5, 5.41) is 21.7. The summed E-state index contributed by atoms with van der Waals surface area (Å²) in [6.45, 7) is 1.96. The maximum atomic E-state index is 12.9. The number of rotatable bonds is 9. The molecule has 6 nitrogen and oxygen atoms in total. The van der Waals surface area contributed by atoms with Crippen LogP contribution in [0.3, 0.4) is 0 Å². The van der Waals surface area contributed by atoms with Gasteiger partial charge in [0.1, 0.15) is 5.82 Å². The molecule has 34 heavy (non-hydrogen) atoms. The predicted molar refractivity (Wildman–Crippen MR) is 130 cm³/mol. The Morgan fingerprint density at radius 1 is 0.912 bits per heavy atom. The van der Waals surface area contributed by atoms with Crippen LogP contribution in [-0.2, 0) is 14.6 Å². The van der Waals surface area contributed by atoms with Gasteiger partial charge in [0.05, 0.1) is 23.2 Å². The van der Waals surface area contributed by atoms with Crippen molar-refractivity contribution in [2.24, 2.45) is 0 Å². The molecule has 0 saturated carbocycles. The number of nitrogens with one attached hydrogen (secondary N) is 1. The van der Waals surface area contributed by atoms with Gasteiger partial charge >= 0.3 is 5.97 Å². The van der Waals surface area contributed by atoms with Crippen LogP contribution in [0, 0.1) is 5.82 Å². The number of aliphatic carboxylic acids is 1. The van der Waals surface area contributed by atoms with Crippen molar-refractivity contribution in [2.75, 3.05) is 12.8 Å². The highest BCUT2D eigenvalue weighted by atomic mass is 32.2. The molecule has 0 aliphatic carbocycles. The molecule has 0 aromatic heterocycles. The van der Waals surface area contributed by atoms with Gasteiger partial charge in [-0.1, -0.05) is 60.7 Å². The summed E-state index contributed by atoms with van der Waals surface area (Å²) >= 11 is 0. The SMILES string of the molecule is CN[C@@H](C)[C@H](O)c1ccccc1.O=C(O)C[C@@H](CS(=O)(=O)c1ccc(F)cc1)c1ccccc1. The van der Waals surface area contributed by atoms with Crippen molar-refractivity contribution in [3.05, 3.63) is 102 Å². The normalized spacial score (nSPS) is 13.8. The molecular formula is C26H30FNO5S. The van der Waals surface area contributed by atoms with Gasteiger partial charge in [0, 0.05) is 12.0 Å². The van der Waals surface area contributed by atoms with Gasteiger partial charge in [-0.3, -0.25) is 4.79 Å². The molecule has 3 aromatic rings. The van der Waals surface area contributed by atoms with Gasteiger partial charge < -0.3 is 15.5 Å². The van der Waals surface area contributed by atoms with Gasteiger partial charge in [-0.2, -0.15) is 0 Å². The zero-order valence-electron chi connectivity index (χ0n) is 19.1. The second kappa shape index (κ2) is 13.0. The Hall–Kier alpha value is -3.07. The van der Waals surface area contributed by atoms with Gasteiger partial charge in [0.15, 0.2) is 9.84 Å². The number of carboxylic acids is 1. The van der Waals surface area contributed by atoms with E-state index in [1.807, 2.05) is 44.3 Å². The van der Waals surface area contributed by atoms with E-state index in [-0.39, 0.29) is 23.1 Å². The van der Waals surface area contributed by atoms with Gasteiger partial charge in [-0.25, -0.2) is 12.8 Å². The molecule has 8 heteroatoms. The maximum Gasteiger partial charge on any atom is 0.303 e. The number of sulfone groups is 1. The van der Waals surface area contributed by atoms with Crippen molar-refractivity contribution < 1.29 is 27.8 Å². The molecule has 0 bridgehead atoms. The number of carboxylic acid groups (broad SMARTS) is 1. The first-order valence-electron chi connectivity index (χ1n) is 10.8. The first kappa shape index (κ1) is 27.2. The van der Waals surface area contributed by atoms with E-state index in [1.54, 1.807) is 30.3 Å². The molecule has 3 aromatic carbocycles. The van der Waals surface area contributed by atoms with E-state index in [0.717, 1.165) is 17.7 Å². The van der Waals surface area contributed by atoms with Crippen molar-refractivity contribution in [1.29, 1.82) is 0 Å². The van der Waals surface area contributed by atoms with E-state index in [2.05, 4.69) is 5.32 Å². The average molecular weight is 488 g/mol. The van der Waals surface area contributed by atoms with E-state index in [4.69, 9.17) is 5.11 Å². The average Bonchev–Trinajstić information content (AvgIpc) is 2.84. The van der Waals surface area contributed by atoms with Gasteiger partial charge in [0.2, 0.25) is 0 Å². The third-order valence-electron chi connectivity index (χ3n) is 5.36. The summed E-state index contributed by atoms with van der Waals surface area (Å²) in [4.78, 5) is 11.0. The number of benzene rings is 3. The summed E-state index contributed by atoms with van der Waals surface area (Å²) in [6, 6.07) is 22.9. The van der Waals surface area contributed by atoms with Crippen molar-refractivity contribution in [1.82, 2.24) is 5.32 Å². The number of hydrogen-bond acceptors (Lipinski definition) is 5. The van der Waals surface area contributed by atoms with Crippen molar-refractivity contribution in [2.45, 2.75) is 36.3 Å². The molecule has 0 saturated heterocycles. The topological polar surface area (TPSA) is 104 Å². The zero-order valence-corrected chi connectivity index (χ0v) is 20.0. The Morgan fingerprint density at radius 3 is 1.88 bits per heavy atom. The van der Waals surface area contributed by atoms with Crippen molar-refractivity contribution in [3.8, 4) is 0 Å². The molecule has 3 atom stereocenters. The van der Waals surface area contributed by atoms with Crippen LogP contribution in [0.15, 0.2) is 89.8 Å². The number of aliphatic hydroxyl groups is 1. The lowest BCUT2D eigenvalue weighted by molar-refractivity contribution is -0.137. The van der Waals surface area contributed by atoms with E-state index >= 15 is 0 Å². The van der Waals surface area contributed by atoms with Crippen LogP contribution in [0.2, 0.25) is 0 Å². The number of carbonyl (C=O) groups is 1. The van der Waals surface area contributed by atoms with Crippen LogP contribution in [-0.4, -0.2) is 43.4 Å². The standard InChI is InChI=1S/C16H15FO4S.C10H15NO/c17-14-6-8-15(9-7-14)22(20,21)11-13(10-16(18)19)12-4-2-1-3-5-12;1-8(11-2)10(12)9-6-4-3-5-7-9/h1-9,13H,10-11H2,(H,18,19);3-8,10-12H,1-2H3/t13-;8-,10-/m00/s1. The number of aliphatic hydroxyl groups excluding tert-OH is 1. The second-order valence-corrected chi connectivity index (χ2v) is 9.91. The molecule has 0 aliphatic heterocycles. The predicted octanol–water partition coefficient (Wildman–Crippen LogP) is 4.19. The summed E-state index contributed by atoms with van der Waals surface area (Å²) < 4.78 is 37.7. The fourth-order valence-electron chi connectivity index (χ4n) is 3.31. The molecule has 3 N–H and O–H groups in total. The summed E-state index contributed by atoms with van der Waals surface area (Å²) in [5.74, 6) is -2.59. The van der Waals surface area contributed by atoms with E-state index in [0.29, 0.717) is 5.56 Å². The van der Waals surface area contributed by atoms with Crippen LogP contribution in [0.1, 0.15) is 36.5 Å². The van der Waals surface area contributed by atoms with Gasteiger partial charge in [-0.15, -0.1) is 0 Å². The first-order valence-corrected chi connectivity index (χ1v) is 12.4. The third kappa shape index (κ3) is 8.37. The maximum absolute atomic E-state index is 12.9. The molecule has 182 valence electrons. The Balaban J connectivity index is 0.000000287. The smallest absolute Gasteiger partial charge is 0.303 e. The lowest BCUT2D eigenvalue weighted by Crippen LogP contribution is -2.28. The summed E-state index contributed by atoms with van der Waals surface area (Å²) in [6.07, 6.45) is -0.707. The molecule has 0 spiro atoms. The monoisotopic (exact) mass is 487 g/mol. The summed E-state index contributed by atoms with van der Waals surface area (Å²) in [5.41, 5.74) is 1.61. The van der Waals surface area contributed by atoms with Crippen LogP contribution >= 0.6 is 0 Å². The van der Waals surface area contributed by atoms with E-state index in [9.17, 15) is 22.7 Å². The lowest BCUT2D eigenvalue weighted by Gasteiger charge is -2.17. The molecule has 0 aliphatic rings. The molecule has 0 unspecified atom stereocenters. The van der Waals surface area contributed by atoms with Crippen LogP contribution in [0.25, 0.3) is 0 Å². The highest BCUT2D eigenvalue weighted by molar-refractivity contribution is 7.91. The molecule has 0 radical (unpaired) electrons. The largest absolute Gasteiger partial charge is 0.481 e. The Kier molecular flexibility index (Phi) is 10.4. The third-order valence-corrected chi connectivity index (χ3v) is 7.19. The minimum atomic E-state index is -3.70. The highest BCUT2D eigenvalue weighted by Crippen LogP contribution is 2.25. The van der Waals surface area contributed by atoms with Crippen LogP contribution in [0.4, 0.5) is 4.39 Å². The zero-order chi connectivity index (χ0) is 25.1. The number of hydrogen-bond donors (Lipinski definition) is 3. The first-order chi connectivity index (χ1) is 16.1. The Bertz CT molecular complexity index is 1120. The minimum Gasteiger partial charge on any atom is -0.481 e. The summed E-state index contributed by atoms with van der Waals surface area (Å²) in [7, 11) is -1.86. The molecule has 0 fully saturated rings. The molecule has 0 amide bonds.